The number of aromatic nitrogens is 1. The molecule has 2 aromatic heterocycles. The highest BCUT2D eigenvalue weighted by atomic mass is 32.1. The molecule has 0 aliphatic carbocycles. The van der Waals surface area contributed by atoms with Crippen molar-refractivity contribution in [2.75, 3.05) is 13.2 Å². The van der Waals surface area contributed by atoms with Gasteiger partial charge in [-0.25, -0.2) is 4.98 Å². The minimum absolute atomic E-state index is 0.0800. The highest BCUT2D eigenvalue weighted by Crippen LogP contribution is 2.25. The molecule has 1 saturated heterocycles. The van der Waals surface area contributed by atoms with Gasteiger partial charge in [-0.15, -0.1) is 0 Å². The summed E-state index contributed by atoms with van der Waals surface area (Å²) in [5, 5.41) is 13.2. The topological polar surface area (TPSA) is 66.6 Å². The maximum Gasteiger partial charge on any atom is 0.228 e. The lowest BCUT2D eigenvalue weighted by Crippen LogP contribution is -2.45. The molecule has 6 heteroatoms. The summed E-state index contributed by atoms with van der Waals surface area (Å²) in [6.07, 6.45) is 4.06. The number of amides is 1. The van der Waals surface area contributed by atoms with Gasteiger partial charge in [-0.3, -0.25) is 4.79 Å². The molecule has 1 amide bonds. The van der Waals surface area contributed by atoms with Gasteiger partial charge in [0, 0.05) is 30.1 Å². The van der Waals surface area contributed by atoms with Crippen molar-refractivity contribution in [2.45, 2.75) is 45.1 Å². The molecule has 0 radical (unpaired) electrons. The zero-order valence-corrected chi connectivity index (χ0v) is 14.1. The quantitative estimate of drug-likeness (QED) is 0.913. The first-order valence-corrected chi connectivity index (χ1v) is 9.02. The smallest absolute Gasteiger partial charge is 0.228 e. The Bertz CT molecular complexity index is 649. The van der Waals surface area contributed by atoms with Crippen molar-refractivity contribution < 1.29 is 14.3 Å². The van der Waals surface area contributed by atoms with Gasteiger partial charge in [0.1, 0.15) is 5.76 Å². The molecule has 124 valence electrons. The fraction of sp³-hybridized carbons (Fsp3) is 0.529. The lowest BCUT2D eigenvalue weighted by molar-refractivity contribution is -0.134. The minimum Gasteiger partial charge on any atom is -0.441 e. The molecule has 0 spiro atoms. The van der Waals surface area contributed by atoms with Crippen LogP contribution in [-0.4, -0.2) is 40.1 Å². The van der Waals surface area contributed by atoms with Gasteiger partial charge in [0.15, 0.2) is 0 Å². The number of thiophene rings is 1. The van der Waals surface area contributed by atoms with Crippen molar-refractivity contribution in [2.24, 2.45) is 0 Å². The van der Waals surface area contributed by atoms with E-state index in [1.165, 1.54) is 0 Å². The van der Waals surface area contributed by atoms with E-state index < -0.39 is 0 Å². The van der Waals surface area contributed by atoms with Crippen LogP contribution in [0.3, 0.4) is 0 Å². The highest BCUT2D eigenvalue weighted by molar-refractivity contribution is 7.08. The molecule has 5 nitrogen and oxygen atoms in total. The van der Waals surface area contributed by atoms with Crippen molar-refractivity contribution in [3.8, 4) is 11.5 Å². The van der Waals surface area contributed by atoms with E-state index in [1.54, 1.807) is 11.3 Å². The largest absolute Gasteiger partial charge is 0.441 e. The van der Waals surface area contributed by atoms with Crippen LogP contribution >= 0.6 is 11.3 Å². The molecule has 1 unspecified atom stereocenters. The fourth-order valence-electron chi connectivity index (χ4n) is 3.12. The molecule has 23 heavy (non-hydrogen) atoms. The Hall–Kier alpha value is -1.66. The highest BCUT2D eigenvalue weighted by Gasteiger charge is 2.27. The van der Waals surface area contributed by atoms with Gasteiger partial charge in [-0.2, -0.15) is 11.3 Å². The molecule has 0 aromatic carbocycles. The van der Waals surface area contributed by atoms with Crippen LogP contribution in [-0.2, 0) is 11.2 Å². The standard InChI is InChI=1S/C17H22N2O3S/c1-12-15(18-17(22-12)13-6-9-23-11-13)10-16(21)19-7-3-2-4-14(19)5-8-20/h6,9,11,14,20H,2-5,7-8,10H2,1H3. The Morgan fingerprint density at radius 1 is 1.52 bits per heavy atom. The average Bonchev–Trinajstić information content (AvgIpc) is 3.19. The molecule has 1 fully saturated rings. The molecule has 1 aliphatic heterocycles. The molecule has 0 bridgehead atoms. The number of nitrogens with zero attached hydrogens (tertiary/aromatic N) is 2. The van der Waals surface area contributed by atoms with Crippen molar-refractivity contribution in [3.63, 3.8) is 0 Å². The third-order valence-electron chi connectivity index (χ3n) is 4.39. The van der Waals surface area contributed by atoms with Gasteiger partial charge in [0.2, 0.25) is 11.8 Å². The van der Waals surface area contributed by atoms with Crippen LogP contribution < -0.4 is 0 Å². The van der Waals surface area contributed by atoms with E-state index in [0.717, 1.165) is 31.4 Å². The van der Waals surface area contributed by atoms with Crippen LogP contribution in [0.4, 0.5) is 0 Å². The summed E-state index contributed by atoms with van der Waals surface area (Å²) < 4.78 is 5.71. The molecular weight excluding hydrogens is 312 g/mol. The number of carbonyl (C=O) groups is 1. The van der Waals surface area contributed by atoms with Gasteiger partial charge in [-0.1, -0.05) is 0 Å². The second kappa shape index (κ2) is 7.27. The van der Waals surface area contributed by atoms with Crippen molar-refractivity contribution >= 4 is 17.2 Å². The normalized spacial score (nSPS) is 18.3. The zero-order chi connectivity index (χ0) is 16.2. The average molecular weight is 334 g/mol. The lowest BCUT2D eigenvalue weighted by Gasteiger charge is -2.35. The van der Waals surface area contributed by atoms with E-state index in [4.69, 9.17) is 4.42 Å². The van der Waals surface area contributed by atoms with E-state index in [2.05, 4.69) is 4.98 Å². The number of hydrogen-bond donors (Lipinski definition) is 1. The predicted molar refractivity (Wildman–Crippen MR) is 89.3 cm³/mol. The number of rotatable bonds is 5. The first kappa shape index (κ1) is 16.2. The zero-order valence-electron chi connectivity index (χ0n) is 13.3. The third kappa shape index (κ3) is 3.64. The maximum absolute atomic E-state index is 12.7. The van der Waals surface area contributed by atoms with Gasteiger partial charge < -0.3 is 14.4 Å². The van der Waals surface area contributed by atoms with E-state index >= 15 is 0 Å². The molecule has 1 N–H and O–H groups in total. The number of hydrogen-bond acceptors (Lipinski definition) is 5. The fourth-order valence-corrected chi connectivity index (χ4v) is 3.75. The van der Waals surface area contributed by atoms with E-state index in [9.17, 15) is 9.90 Å². The number of carbonyl (C=O) groups excluding carboxylic acids is 1. The summed E-state index contributed by atoms with van der Waals surface area (Å²) >= 11 is 1.59. The molecule has 3 rings (SSSR count). The van der Waals surface area contributed by atoms with E-state index in [1.807, 2.05) is 28.7 Å². The first-order valence-electron chi connectivity index (χ1n) is 8.08. The second-order valence-corrected chi connectivity index (χ2v) is 6.74. The monoisotopic (exact) mass is 334 g/mol. The summed E-state index contributed by atoms with van der Waals surface area (Å²) in [6.45, 7) is 2.75. The third-order valence-corrected chi connectivity index (χ3v) is 5.07. The Labute approximate surface area is 140 Å². The number of aliphatic hydroxyl groups is 1. The summed E-state index contributed by atoms with van der Waals surface area (Å²) in [4.78, 5) is 19.1. The first-order chi connectivity index (χ1) is 11.2. The van der Waals surface area contributed by atoms with Crippen LogP contribution in [0.15, 0.2) is 21.2 Å². The molecular formula is C17H22N2O3S. The number of likely N-dealkylation sites (tertiary alicyclic amines) is 1. The van der Waals surface area contributed by atoms with Crippen molar-refractivity contribution in [1.29, 1.82) is 0 Å². The lowest BCUT2D eigenvalue weighted by atomic mass is 9.99. The number of piperidine rings is 1. The van der Waals surface area contributed by atoms with Crippen LogP contribution in [0.5, 0.6) is 0 Å². The number of oxazole rings is 1. The Morgan fingerprint density at radius 2 is 2.39 bits per heavy atom. The van der Waals surface area contributed by atoms with Gasteiger partial charge in [-0.05, 0) is 44.1 Å². The number of aryl methyl sites for hydroxylation is 1. The van der Waals surface area contributed by atoms with Crippen molar-refractivity contribution in [1.82, 2.24) is 9.88 Å². The van der Waals surface area contributed by atoms with Crippen LogP contribution in [0.25, 0.3) is 11.5 Å². The van der Waals surface area contributed by atoms with E-state index in [0.29, 0.717) is 23.8 Å². The molecule has 2 aromatic rings. The van der Waals surface area contributed by atoms with Crippen LogP contribution in [0, 0.1) is 6.92 Å². The summed E-state index contributed by atoms with van der Waals surface area (Å²) in [5.41, 5.74) is 1.66. The van der Waals surface area contributed by atoms with E-state index in [-0.39, 0.29) is 25.0 Å². The predicted octanol–water partition coefficient (Wildman–Crippen LogP) is 3.02. The Balaban J connectivity index is 1.72. The van der Waals surface area contributed by atoms with Gasteiger partial charge in [0.25, 0.3) is 0 Å². The van der Waals surface area contributed by atoms with Crippen LogP contribution in [0.2, 0.25) is 0 Å². The molecule has 0 saturated carbocycles. The molecule has 3 heterocycles. The van der Waals surface area contributed by atoms with Crippen molar-refractivity contribution in [3.05, 3.63) is 28.3 Å². The number of aliphatic hydroxyl groups excluding tert-OH is 1. The van der Waals surface area contributed by atoms with Crippen LogP contribution in [0.1, 0.15) is 37.1 Å². The SMILES string of the molecule is Cc1oc(-c2ccsc2)nc1CC(=O)N1CCCCC1CCO. The second-order valence-electron chi connectivity index (χ2n) is 5.96. The maximum atomic E-state index is 12.7. The minimum atomic E-state index is 0.0800. The molecule has 1 aliphatic rings. The molecule has 1 atom stereocenters. The Morgan fingerprint density at radius 3 is 3.13 bits per heavy atom. The Kier molecular flexibility index (Phi) is 5.13. The summed E-state index contributed by atoms with van der Waals surface area (Å²) in [5.74, 6) is 1.36. The summed E-state index contributed by atoms with van der Waals surface area (Å²) in [7, 11) is 0. The summed E-state index contributed by atoms with van der Waals surface area (Å²) in [6, 6.07) is 2.12. The van der Waals surface area contributed by atoms with Gasteiger partial charge >= 0.3 is 0 Å². The van der Waals surface area contributed by atoms with Gasteiger partial charge in [0.05, 0.1) is 12.1 Å².